The van der Waals surface area contributed by atoms with Gasteiger partial charge in [0, 0.05) is 20.1 Å². The van der Waals surface area contributed by atoms with E-state index >= 15 is 0 Å². The molecule has 0 aliphatic heterocycles. The first kappa shape index (κ1) is 17.7. The molecule has 7 heteroatoms. The smallest absolute Gasteiger partial charge is 0.257 e. The minimum atomic E-state index is -0.174. The summed E-state index contributed by atoms with van der Waals surface area (Å²) >= 11 is 3.56. The molecular weight excluding hydrogens is 451 g/mol. The van der Waals surface area contributed by atoms with Gasteiger partial charge in [0.2, 0.25) is 0 Å². The fourth-order valence-corrected chi connectivity index (χ4v) is 3.52. The number of amides is 1. The molecule has 3 rings (SSSR count). The van der Waals surface area contributed by atoms with Crippen molar-refractivity contribution in [1.82, 2.24) is 4.98 Å². The summed E-state index contributed by atoms with van der Waals surface area (Å²) in [4.78, 5) is 16.8. The Kier molecular flexibility index (Phi) is 5.54. The summed E-state index contributed by atoms with van der Waals surface area (Å²) in [6, 6.07) is 13.0. The van der Waals surface area contributed by atoms with Gasteiger partial charge in [-0.15, -0.1) is 11.3 Å². The lowest BCUT2D eigenvalue weighted by molar-refractivity contribution is 0.102. The van der Waals surface area contributed by atoms with Crippen molar-refractivity contribution in [3.05, 3.63) is 57.0 Å². The third-order valence-electron chi connectivity index (χ3n) is 3.49. The Bertz CT molecular complexity index is 911. The molecule has 0 aliphatic rings. The van der Waals surface area contributed by atoms with E-state index in [1.165, 1.54) is 11.3 Å². The highest BCUT2D eigenvalue weighted by molar-refractivity contribution is 14.1. The summed E-state index contributed by atoms with van der Waals surface area (Å²) in [5.74, 6) is 1.12. The second-order valence-electron chi connectivity index (χ2n) is 5.07. The zero-order valence-electron chi connectivity index (χ0n) is 13.6. The highest BCUT2D eigenvalue weighted by Crippen LogP contribution is 2.33. The predicted molar refractivity (Wildman–Crippen MR) is 108 cm³/mol. The Morgan fingerprint density at radius 3 is 2.64 bits per heavy atom. The molecule has 0 saturated carbocycles. The normalized spacial score (nSPS) is 10.4. The minimum absolute atomic E-state index is 0.174. The van der Waals surface area contributed by atoms with Crippen LogP contribution in [0.4, 0.5) is 5.13 Å². The molecule has 3 aromatic rings. The highest BCUT2D eigenvalue weighted by Gasteiger charge is 2.12. The maximum atomic E-state index is 12.3. The molecule has 5 nitrogen and oxygen atoms in total. The summed E-state index contributed by atoms with van der Waals surface area (Å²) in [6.45, 7) is 0. The number of methoxy groups -OCH3 is 2. The maximum absolute atomic E-state index is 12.3. The van der Waals surface area contributed by atoms with Crippen LogP contribution in [0.2, 0.25) is 0 Å². The van der Waals surface area contributed by atoms with Gasteiger partial charge in [0.15, 0.2) is 16.6 Å². The van der Waals surface area contributed by atoms with Crippen LogP contribution in [0.25, 0.3) is 11.3 Å². The van der Waals surface area contributed by atoms with Crippen molar-refractivity contribution in [2.45, 2.75) is 0 Å². The van der Waals surface area contributed by atoms with Crippen LogP contribution in [-0.2, 0) is 0 Å². The van der Waals surface area contributed by atoms with Gasteiger partial charge in [-0.1, -0.05) is 6.07 Å². The van der Waals surface area contributed by atoms with Crippen molar-refractivity contribution in [2.75, 3.05) is 19.5 Å². The largest absolute Gasteiger partial charge is 0.493 e. The number of anilines is 1. The van der Waals surface area contributed by atoms with Gasteiger partial charge in [-0.25, -0.2) is 4.98 Å². The summed E-state index contributed by atoms with van der Waals surface area (Å²) < 4.78 is 11.6. The maximum Gasteiger partial charge on any atom is 0.257 e. The Morgan fingerprint density at radius 2 is 1.92 bits per heavy atom. The van der Waals surface area contributed by atoms with Gasteiger partial charge in [0.05, 0.1) is 19.9 Å². The SMILES string of the molecule is COc1ccc(-c2csc(NC(=O)c3cccc(I)c3)n2)cc1OC. The first-order valence-corrected chi connectivity index (χ1v) is 9.31. The minimum Gasteiger partial charge on any atom is -0.493 e. The second-order valence-corrected chi connectivity index (χ2v) is 7.18. The zero-order valence-corrected chi connectivity index (χ0v) is 16.6. The summed E-state index contributed by atoms with van der Waals surface area (Å²) in [5.41, 5.74) is 2.27. The first-order chi connectivity index (χ1) is 12.1. The number of thiazole rings is 1. The number of carbonyl (C=O) groups is 1. The molecule has 0 spiro atoms. The molecule has 0 atom stereocenters. The molecule has 0 saturated heterocycles. The van der Waals surface area contributed by atoms with Gasteiger partial charge < -0.3 is 9.47 Å². The van der Waals surface area contributed by atoms with E-state index in [2.05, 4.69) is 32.9 Å². The number of benzene rings is 2. The van der Waals surface area contributed by atoms with Crippen LogP contribution >= 0.6 is 33.9 Å². The Morgan fingerprint density at radius 1 is 1.12 bits per heavy atom. The van der Waals surface area contributed by atoms with Crippen LogP contribution in [0, 0.1) is 3.57 Å². The van der Waals surface area contributed by atoms with E-state index in [1.54, 1.807) is 20.3 Å². The fourth-order valence-electron chi connectivity index (χ4n) is 2.26. The van der Waals surface area contributed by atoms with Gasteiger partial charge >= 0.3 is 0 Å². The van der Waals surface area contributed by atoms with Crippen molar-refractivity contribution >= 4 is 45.0 Å². The number of aromatic nitrogens is 1. The monoisotopic (exact) mass is 466 g/mol. The third-order valence-corrected chi connectivity index (χ3v) is 4.92. The summed E-state index contributed by atoms with van der Waals surface area (Å²) in [7, 11) is 3.19. The lowest BCUT2D eigenvalue weighted by Gasteiger charge is -2.08. The van der Waals surface area contributed by atoms with Crippen LogP contribution in [0.5, 0.6) is 11.5 Å². The molecule has 0 fully saturated rings. The molecule has 2 aromatic carbocycles. The second kappa shape index (κ2) is 7.83. The Labute approximate surface area is 163 Å². The Balaban J connectivity index is 1.79. The lowest BCUT2D eigenvalue weighted by atomic mass is 10.1. The van der Waals surface area contributed by atoms with Gasteiger partial charge in [-0.2, -0.15) is 0 Å². The first-order valence-electron chi connectivity index (χ1n) is 7.35. The van der Waals surface area contributed by atoms with Crippen LogP contribution in [0.3, 0.4) is 0 Å². The van der Waals surface area contributed by atoms with E-state index in [-0.39, 0.29) is 5.91 Å². The molecule has 0 bridgehead atoms. The van der Waals surface area contributed by atoms with Crippen LogP contribution in [0.15, 0.2) is 47.8 Å². The van der Waals surface area contributed by atoms with E-state index in [4.69, 9.17) is 9.47 Å². The molecule has 1 N–H and O–H groups in total. The van der Waals surface area contributed by atoms with Gasteiger partial charge in [-0.3, -0.25) is 10.1 Å². The van der Waals surface area contributed by atoms with Crippen molar-refractivity contribution in [2.24, 2.45) is 0 Å². The number of hydrogen-bond acceptors (Lipinski definition) is 5. The number of nitrogens with one attached hydrogen (secondary N) is 1. The van der Waals surface area contributed by atoms with E-state index in [1.807, 2.05) is 41.8 Å². The average molecular weight is 466 g/mol. The molecule has 0 aliphatic carbocycles. The molecular formula is C18H15IN2O3S. The Hall–Kier alpha value is -2.13. The van der Waals surface area contributed by atoms with Crippen LogP contribution in [-0.4, -0.2) is 25.1 Å². The molecule has 1 aromatic heterocycles. The van der Waals surface area contributed by atoms with Gasteiger partial charge in [0.1, 0.15) is 0 Å². The third kappa shape index (κ3) is 4.10. The van der Waals surface area contributed by atoms with Crippen LogP contribution < -0.4 is 14.8 Å². The number of hydrogen-bond donors (Lipinski definition) is 1. The predicted octanol–water partition coefficient (Wildman–Crippen LogP) is 4.68. The van der Waals surface area contributed by atoms with E-state index < -0.39 is 0 Å². The quantitative estimate of drug-likeness (QED) is 0.555. The van der Waals surface area contributed by atoms with E-state index in [0.29, 0.717) is 22.2 Å². The molecule has 0 radical (unpaired) electrons. The summed E-state index contributed by atoms with van der Waals surface area (Å²) in [5, 5.41) is 5.28. The van der Waals surface area contributed by atoms with Crippen LogP contribution in [0.1, 0.15) is 10.4 Å². The number of nitrogens with zero attached hydrogens (tertiary/aromatic N) is 1. The molecule has 1 amide bonds. The molecule has 1 heterocycles. The number of carbonyl (C=O) groups excluding carboxylic acids is 1. The topological polar surface area (TPSA) is 60.5 Å². The number of halogens is 1. The number of ether oxygens (including phenoxy) is 2. The van der Waals surface area contributed by atoms with Gasteiger partial charge in [0.25, 0.3) is 5.91 Å². The van der Waals surface area contributed by atoms with Crippen molar-refractivity contribution in [3.8, 4) is 22.8 Å². The lowest BCUT2D eigenvalue weighted by Crippen LogP contribution is -2.11. The van der Waals surface area contributed by atoms with E-state index in [0.717, 1.165) is 14.8 Å². The standard InChI is InChI=1S/C18H15IN2O3S/c1-23-15-7-6-11(9-16(15)24-2)14-10-25-18(20-14)21-17(22)12-4-3-5-13(19)8-12/h3-10H,1-2H3,(H,20,21,22). The summed E-state index contributed by atoms with van der Waals surface area (Å²) in [6.07, 6.45) is 0. The van der Waals surface area contributed by atoms with Crippen molar-refractivity contribution in [3.63, 3.8) is 0 Å². The average Bonchev–Trinajstić information content (AvgIpc) is 3.09. The molecule has 128 valence electrons. The molecule has 25 heavy (non-hydrogen) atoms. The fraction of sp³-hybridized carbons (Fsp3) is 0.111. The van der Waals surface area contributed by atoms with E-state index in [9.17, 15) is 4.79 Å². The van der Waals surface area contributed by atoms with Gasteiger partial charge in [-0.05, 0) is 59.0 Å². The van der Waals surface area contributed by atoms with Crippen molar-refractivity contribution in [1.29, 1.82) is 0 Å². The number of rotatable bonds is 5. The highest BCUT2D eigenvalue weighted by atomic mass is 127. The van der Waals surface area contributed by atoms with Crippen molar-refractivity contribution < 1.29 is 14.3 Å². The zero-order chi connectivity index (χ0) is 17.8. The molecule has 0 unspecified atom stereocenters.